The first-order chi connectivity index (χ1) is 9.11. The summed E-state index contributed by atoms with van der Waals surface area (Å²) in [5, 5.41) is 3.24. The summed E-state index contributed by atoms with van der Waals surface area (Å²) in [7, 11) is 0. The Morgan fingerprint density at radius 1 is 1.05 bits per heavy atom. The number of rotatable bonds is 2. The van der Waals surface area contributed by atoms with Crippen LogP contribution in [0.5, 0.6) is 0 Å². The SMILES string of the molecule is Fc1cc(NC2CCC23CCCCC3)c(F)cc1Br. The molecule has 0 radical (unpaired) electrons. The van der Waals surface area contributed by atoms with E-state index < -0.39 is 5.82 Å². The molecule has 1 nitrogen and oxygen atoms in total. The van der Waals surface area contributed by atoms with Gasteiger partial charge in [-0.05, 0) is 53.1 Å². The molecule has 0 aromatic heterocycles. The summed E-state index contributed by atoms with van der Waals surface area (Å²) in [4.78, 5) is 0. The monoisotopic (exact) mass is 329 g/mol. The fraction of sp³-hybridized carbons (Fsp3) is 0.600. The van der Waals surface area contributed by atoms with E-state index >= 15 is 0 Å². The van der Waals surface area contributed by atoms with Crippen LogP contribution >= 0.6 is 15.9 Å². The fourth-order valence-corrected chi connectivity index (χ4v) is 3.91. The van der Waals surface area contributed by atoms with Crippen LogP contribution in [0.4, 0.5) is 14.5 Å². The van der Waals surface area contributed by atoms with Crippen LogP contribution in [0.15, 0.2) is 16.6 Å². The van der Waals surface area contributed by atoms with Crippen molar-refractivity contribution in [1.82, 2.24) is 0 Å². The van der Waals surface area contributed by atoms with Crippen LogP contribution in [-0.2, 0) is 0 Å². The molecule has 0 aliphatic heterocycles. The lowest BCUT2D eigenvalue weighted by atomic mass is 9.57. The third-order valence-electron chi connectivity index (χ3n) is 4.86. The summed E-state index contributed by atoms with van der Waals surface area (Å²) < 4.78 is 27.5. The second kappa shape index (κ2) is 5.04. The Morgan fingerprint density at radius 2 is 1.79 bits per heavy atom. The lowest BCUT2D eigenvalue weighted by Crippen LogP contribution is -2.50. The summed E-state index contributed by atoms with van der Waals surface area (Å²) in [6.45, 7) is 0. The van der Waals surface area contributed by atoms with Gasteiger partial charge in [0.2, 0.25) is 0 Å². The van der Waals surface area contributed by atoms with Crippen LogP contribution in [-0.4, -0.2) is 6.04 Å². The lowest BCUT2D eigenvalue weighted by molar-refractivity contribution is 0.0569. The van der Waals surface area contributed by atoms with Crippen LogP contribution in [0.1, 0.15) is 44.9 Å². The molecule has 1 aromatic carbocycles. The Hall–Kier alpha value is -0.640. The molecular formula is C15H18BrF2N. The quantitative estimate of drug-likeness (QED) is 0.730. The van der Waals surface area contributed by atoms with Gasteiger partial charge in [-0.2, -0.15) is 0 Å². The zero-order valence-electron chi connectivity index (χ0n) is 10.8. The molecule has 1 atom stereocenters. The summed E-state index contributed by atoms with van der Waals surface area (Å²) in [5.41, 5.74) is 0.643. The second-order valence-corrected chi connectivity index (χ2v) is 6.76. The maximum Gasteiger partial charge on any atom is 0.147 e. The van der Waals surface area contributed by atoms with Crippen LogP contribution in [0.25, 0.3) is 0 Å². The van der Waals surface area contributed by atoms with Gasteiger partial charge in [0, 0.05) is 12.1 Å². The standard InChI is InChI=1S/C15H18BrF2N/c16-10-8-12(18)13(9-11(10)17)19-14-4-7-15(14)5-2-1-3-6-15/h8-9,14,19H,1-7H2. The molecule has 2 fully saturated rings. The smallest absolute Gasteiger partial charge is 0.147 e. The molecule has 0 saturated heterocycles. The van der Waals surface area contributed by atoms with Crippen molar-refractivity contribution in [3.05, 3.63) is 28.2 Å². The summed E-state index contributed by atoms with van der Waals surface area (Å²) in [6, 6.07) is 2.76. The van der Waals surface area contributed by atoms with Crippen molar-refractivity contribution in [2.24, 2.45) is 5.41 Å². The Morgan fingerprint density at radius 3 is 2.42 bits per heavy atom. The van der Waals surface area contributed by atoms with Crippen molar-refractivity contribution in [1.29, 1.82) is 0 Å². The average Bonchev–Trinajstić information content (AvgIpc) is 2.41. The van der Waals surface area contributed by atoms with Crippen molar-refractivity contribution in [2.75, 3.05) is 5.32 Å². The van der Waals surface area contributed by atoms with Crippen molar-refractivity contribution in [3.63, 3.8) is 0 Å². The number of nitrogens with one attached hydrogen (secondary N) is 1. The van der Waals surface area contributed by atoms with Crippen LogP contribution < -0.4 is 5.32 Å². The molecule has 1 unspecified atom stereocenters. The fourth-order valence-electron chi connectivity index (χ4n) is 3.60. The first-order valence-electron chi connectivity index (χ1n) is 7.02. The van der Waals surface area contributed by atoms with E-state index in [1.807, 2.05) is 0 Å². The number of hydrogen-bond donors (Lipinski definition) is 1. The first kappa shape index (κ1) is 13.3. The van der Waals surface area contributed by atoms with E-state index in [9.17, 15) is 8.78 Å². The minimum absolute atomic E-state index is 0.177. The van der Waals surface area contributed by atoms with Gasteiger partial charge in [0.15, 0.2) is 0 Å². The van der Waals surface area contributed by atoms with E-state index in [2.05, 4.69) is 21.2 Å². The highest BCUT2D eigenvalue weighted by atomic mass is 79.9. The molecule has 2 aliphatic rings. The highest BCUT2D eigenvalue weighted by Gasteiger charge is 2.46. The van der Waals surface area contributed by atoms with E-state index in [4.69, 9.17) is 0 Å². The van der Waals surface area contributed by atoms with Gasteiger partial charge >= 0.3 is 0 Å². The van der Waals surface area contributed by atoms with E-state index in [1.165, 1.54) is 50.7 Å². The number of benzene rings is 1. The molecule has 1 spiro atoms. The van der Waals surface area contributed by atoms with Gasteiger partial charge in [0.05, 0.1) is 10.2 Å². The van der Waals surface area contributed by atoms with E-state index in [0.717, 1.165) is 6.42 Å². The highest BCUT2D eigenvalue weighted by Crippen LogP contribution is 2.52. The predicted octanol–water partition coefficient (Wildman–Crippen LogP) is 5.25. The minimum Gasteiger partial charge on any atom is -0.379 e. The molecule has 0 amide bonds. The third kappa shape index (κ3) is 2.39. The molecule has 0 bridgehead atoms. The van der Waals surface area contributed by atoms with E-state index in [0.29, 0.717) is 17.1 Å². The van der Waals surface area contributed by atoms with E-state index in [-0.39, 0.29) is 10.3 Å². The molecule has 4 heteroatoms. The maximum absolute atomic E-state index is 13.8. The topological polar surface area (TPSA) is 12.0 Å². The summed E-state index contributed by atoms with van der Waals surface area (Å²) in [6.07, 6.45) is 8.61. The van der Waals surface area contributed by atoms with Crippen LogP contribution in [0, 0.1) is 17.0 Å². The van der Waals surface area contributed by atoms with Crippen molar-refractivity contribution in [3.8, 4) is 0 Å². The molecule has 3 rings (SSSR count). The minimum atomic E-state index is -0.416. The Bertz CT molecular complexity index is 483. The normalized spacial score (nSPS) is 25.1. The summed E-state index contributed by atoms with van der Waals surface area (Å²) in [5.74, 6) is -0.799. The van der Waals surface area contributed by atoms with Gasteiger partial charge in [-0.3, -0.25) is 0 Å². The number of hydrogen-bond acceptors (Lipinski definition) is 1. The Balaban J connectivity index is 1.76. The Labute approximate surface area is 120 Å². The zero-order valence-corrected chi connectivity index (χ0v) is 12.4. The van der Waals surface area contributed by atoms with Gasteiger partial charge in [-0.25, -0.2) is 8.78 Å². The molecule has 2 saturated carbocycles. The van der Waals surface area contributed by atoms with Gasteiger partial charge in [-0.15, -0.1) is 0 Å². The van der Waals surface area contributed by atoms with Gasteiger partial charge in [-0.1, -0.05) is 19.3 Å². The highest BCUT2D eigenvalue weighted by molar-refractivity contribution is 9.10. The average molecular weight is 330 g/mol. The molecule has 2 aliphatic carbocycles. The lowest BCUT2D eigenvalue weighted by Gasteiger charge is -2.52. The van der Waals surface area contributed by atoms with Crippen molar-refractivity contribution >= 4 is 21.6 Å². The van der Waals surface area contributed by atoms with Gasteiger partial charge < -0.3 is 5.32 Å². The second-order valence-electron chi connectivity index (χ2n) is 5.90. The molecule has 104 valence electrons. The summed E-state index contributed by atoms with van der Waals surface area (Å²) >= 11 is 3.00. The third-order valence-corrected chi connectivity index (χ3v) is 5.47. The number of halogens is 3. The van der Waals surface area contributed by atoms with Gasteiger partial charge in [0.25, 0.3) is 0 Å². The molecular weight excluding hydrogens is 312 g/mol. The van der Waals surface area contributed by atoms with Crippen LogP contribution in [0.2, 0.25) is 0 Å². The molecule has 1 N–H and O–H groups in total. The predicted molar refractivity (Wildman–Crippen MR) is 76.2 cm³/mol. The largest absolute Gasteiger partial charge is 0.379 e. The van der Waals surface area contributed by atoms with Crippen molar-refractivity contribution < 1.29 is 8.78 Å². The first-order valence-corrected chi connectivity index (χ1v) is 7.81. The Kier molecular flexibility index (Phi) is 3.54. The van der Waals surface area contributed by atoms with E-state index in [1.54, 1.807) is 0 Å². The molecule has 19 heavy (non-hydrogen) atoms. The zero-order chi connectivity index (χ0) is 13.5. The van der Waals surface area contributed by atoms with Crippen LogP contribution in [0.3, 0.4) is 0 Å². The molecule has 1 aromatic rings. The maximum atomic E-state index is 13.8. The van der Waals surface area contributed by atoms with Crippen molar-refractivity contribution in [2.45, 2.75) is 51.0 Å². The molecule has 0 heterocycles. The van der Waals surface area contributed by atoms with Gasteiger partial charge in [0.1, 0.15) is 11.6 Å². The number of anilines is 1.